The number of benzene rings is 1. The van der Waals surface area contributed by atoms with Gasteiger partial charge >= 0.3 is 18.0 Å². The van der Waals surface area contributed by atoms with Crippen LogP contribution in [0.25, 0.3) is 0 Å². The number of hydrazine groups is 1. The fourth-order valence-electron chi connectivity index (χ4n) is 1.75. The third-order valence-electron chi connectivity index (χ3n) is 2.94. The average Bonchev–Trinajstić information content (AvgIpc) is 2.48. The Morgan fingerprint density at radius 3 is 1.75 bits per heavy atom. The lowest BCUT2D eigenvalue weighted by Gasteiger charge is -2.31. The van der Waals surface area contributed by atoms with Crippen LogP contribution in [0.2, 0.25) is 0 Å². The molecule has 0 fully saturated rings. The van der Waals surface area contributed by atoms with Gasteiger partial charge in [-0.05, 0) is 18.6 Å². The highest BCUT2D eigenvalue weighted by Gasteiger charge is 2.73. The van der Waals surface area contributed by atoms with E-state index in [4.69, 9.17) is 11.6 Å². The summed E-state index contributed by atoms with van der Waals surface area (Å²) in [7, 11) is 0. The van der Waals surface area contributed by atoms with Crippen molar-refractivity contribution in [3.63, 3.8) is 0 Å². The fourth-order valence-corrected chi connectivity index (χ4v) is 1.75. The molecule has 0 unspecified atom stereocenters. The first-order chi connectivity index (χ1) is 10.8. The van der Waals surface area contributed by atoms with Crippen molar-refractivity contribution in [3.05, 3.63) is 28.8 Å². The summed E-state index contributed by atoms with van der Waals surface area (Å²) in [6, 6.07) is 0.356. The van der Waals surface area contributed by atoms with Crippen LogP contribution in [0.5, 0.6) is 0 Å². The maximum Gasteiger partial charge on any atom is 0.435 e. The molecular formula is C13H16F7N3O. The van der Waals surface area contributed by atoms with Crippen molar-refractivity contribution in [1.29, 1.82) is 0 Å². The van der Waals surface area contributed by atoms with Crippen molar-refractivity contribution >= 4 is 11.6 Å². The zero-order chi connectivity index (χ0) is 19.5. The van der Waals surface area contributed by atoms with Crippen LogP contribution in [0.3, 0.4) is 0 Å². The van der Waals surface area contributed by atoms with Crippen LogP contribution in [0.4, 0.5) is 36.4 Å². The molecule has 138 valence electrons. The van der Waals surface area contributed by atoms with Crippen molar-refractivity contribution in [2.75, 3.05) is 5.73 Å². The monoisotopic (exact) mass is 363 g/mol. The number of nitrogens with one attached hydrogen (secondary N) is 1. The SMILES string of the molecule is CC.Cc1cc(C(F)(C(F)(F)F)C(F)(F)F)cc(C(=O)NN)c1N. The molecule has 1 amide bonds. The minimum Gasteiger partial charge on any atom is -0.398 e. The minimum absolute atomic E-state index is 0.0749. The number of nitrogen functional groups attached to an aromatic ring is 2. The molecule has 5 N–H and O–H groups in total. The molecule has 0 aliphatic carbocycles. The Labute approximate surface area is 133 Å². The molecule has 1 rings (SSSR count). The lowest BCUT2D eigenvalue weighted by Crippen LogP contribution is -2.50. The predicted octanol–water partition coefficient (Wildman–Crippen LogP) is 3.50. The van der Waals surface area contributed by atoms with Gasteiger partial charge in [0.2, 0.25) is 0 Å². The molecule has 0 saturated heterocycles. The number of rotatable bonds is 2. The Balaban J connectivity index is 0.00000254. The largest absolute Gasteiger partial charge is 0.435 e. The summed E-state index contributed by atoms with van der Waals surface area (Å²) in [5.41, 5.74) is -2.13. The Morgan fingerprint density at radius 1 is 1.00 bits per heavy atom. The van der Waals surface area contributed by atoms with Gasteiger partial charge in [0, 0.05) is 11.3 Å². The van der Waals surface area contributed by atoms with Crippen molar-refractivity contribution in [2.45, 2.75) is 38.8 Å². The van der Waals surface area contributed by atoms with Crippen LogP contribution >= 0.6 is 0 Å². The maximum absolute atomic E-state index is 13.9. The van der Waals surface area contributed by atoms with Crippen LogP contribution in [0.15, 0.2) is 12.1 Å². The second-order valence-corrected chi connectivity index (χ2v) is 4.38. The van der Waals surface area contributed by atoms with Gasteiger partial charge < -0.3 is 5.73 Å². The normalized spacial score (nSPS) is 12.3. The van der Waals surface area contributed by atoms with Crippen LogP contribution in [0.1, 0.15) is 35.3 Å². The number of amides is 1. The van der Waals surface area contributed by atoms with Gasteiger partial charge in [0.1, 0.15) is 0 Å². The van der Waals surface area contributed by atoms with Gasteiger partial charge in [0.25, 0.3) is 5.91 Å². The highest BCUT2D eigenvalue weighted by atomic mass is 19.4. The van der Waals surface area contributed by atoms with E-state index < -0.39 is 40.7 Å². The Hall–Kier alpha value is -2.04. The fraction of sp³-hybridized carbons (Fsp3) is 0.462. The smallest absolute Gasteiger partial charge is 0.398 e. The van der Waals surface area contributed by atoms with Gasteiger partial charge in [0.15, 0.2) is 0 Å². The summed E-state index contributed by atoms with van der Waals surface area (Å²) in [5, 5.41) is 0. The number of anilines is 1. The standard InChI is InChI=1S/C11H10F7N3O.C2H6/c1-4-2-5(3-6(7(4)19)8(22)21-20)9(12,10(13,14)15)11(16,17)18;1-2/h2-3H,19-20H2,1H3,(H,21,22);1-2H3. The first-order valence-corrected chi connectivity index (χ1v) is 6.51. The van der Waals surface area contributed by atoms with E-state index >= 15 is 0 Å². The molecule has 0 atom stereocenters. The molecule has 4 nitrogen and oxygen atoms in total. The average molecular weight is 363 g/mol. The molecule has 24 heavy (non-hydrogen) atoms. The van der Waals surface area contributed by atoms with Crippen LogP contribution in [-0.2, 0) is 5.67 Å². The first kappa shape index (κ1) is 22.0. The Kier molecular flexibility index (Phi) is 6.63. The third kappa shape index (κ3) is 3.71. The number of alkyl halides is 7. The number of hydrogen-bond acceptors (Lipinski definition) is 3. The number of carbonyl (C=O) groups is 1. The highest BCUT2D eigenvalue weighted by molar-refractivity contribution is 5.99. The van der Waals surface area contributed by atoms with Crippen molar-refractivity contribution in [1.82, 2.24) is 5.43 Å². The van der Waals surface area contributed by atoms with Gasteiger partial charge in [-0.3, -0.25) is 10.2 Å². The van der Waals surface area contributed by atoms with Gasteiger partial charge in [-0.15, -0.1) is 0 Å². The lowest BCUT2D eigenvalue weighted by molar-refractivity contribution is -0.348. The first-order valence-electron chi connectivity index (χ1n) is 6.51. The number of nitrogens with two attached hydrogens (primary N) is 2. The quantitative estimate of drug-likeness (QED) is 0.247. The lowest BCUT2D eigenvalue weighted by atomic mass is 9.90. The van der Waals surface area contributed by atoms with Crippen LogP contribution in [-0.4, -0.2) is 18.3 Å². The number of halogens is 7. The van der Waals surface area contributed by atoms with Crippen LogP contribution < -0.4 is 17.0 Å². The third-order valence-corrected chi connectivity index (χ3v) is 2.94. The summed E-state index contributed by atoms with van der Waals surface area (Å²) < 4.78 is 90.0. The van der Waals surface area contributed by atoms with E-state index in [9.17, 15) is 35.5 Å². The summed E-state index contributed by atoms with van der Waals surface area (Å²) in [6.07, 6.45) is -12.6. The molecule has 11 heteroatoms. The topological polar surface area (TPSA) is 81.1 Å². The van der Waals surface area contributed by atoms with E-state index in [-0.39, 0.29) is 17.7 Å². The number of carbonyl (C=O) groups excluding carboxylic acids is 1. The number of hydrogen-bond donors (Lipinski definition) is 3. The summed E-state index contributed by atoms with van der Waals surface area (Å²) in [5.74, 6) is 3.51. The Bertz CT molecular complexity index is 582. The predicted molar refractivity (Wildman–Crippen MR) is 73.5 cm³/mol. The molecule has 0 spiro atoms. The van der Waals surface area contributed by atoms with E-state index in [1.54, 1.807) is 0 Å². The van der Waals surface area contributed by atoms with Gasteiger partial charge in [0.05, 0.1) is 5.56 Å². The van der Waals surface area contributed by atoms with E-state index in [2.05, 4.69) is 0 Å². The zero-order valence-corrected chi connectivity index (χ0v) is 12.9. The van der Waals surface area contributed by atoms with Crippen molar-refractivity contribution < 1.29 is 35.5 Å². The minimum atomic E-state index is -6.29. The van der Waals surface area contributed by atoms with Gasteiger partial charge in [-0.1, -0.05) is 19.9 Å². The van der Waals surface area contributed by atoms with E-state index in [0.717, 1.165) is 6.92 Å². The second-order valence-electron chi connectivity index (χ2n) is 4.38. The number of aryl methyl sites for hydroxylation is 1. The molecule has 0 aliphatic heterocycles. The molecule has 0 aromatic heterocycles. The summed E-state index contributed by atoms with van der Waals surface area (Å²) in [6.45, 7) is 5.03. The summed E-state index contributed by atoms with van der Waals surface area (Å²) >= 11 is 0. The molecule has 0 aliphatic rings. The molecule has 1 aromatic carbocycles. The summed E-state index contributed by atoms with van der Waals surface area (Å²) in [4.78, 5) is 11.4. The second kappa shape index (κ2) is 7.24. The molecule has 0 heterocycles. The zero-order valence-electron chi connectivity index (χ0n) is 12.9. The molecule has 0 radical (unpaired) electrons. The van der Waals surface area contributed by atoms with E-state index in [0.29, 0.717) is 0 Å². The van der Waals surface area contributed by atoms with Gasteiger partial charge in [-0.2, -0.15) is 26.3 Å². The Morgan fingerprint density at radius 2 is 1.42 bits per heavy atom. The molecule has 0 bridgehead atoms. The maximum atomic E-state index is 13.9. The van der Waals surface area contributed by atoms with Crippen molar-refractivity contribution in [2.24, 2.45) is 5.84 Å². The molecule has 0 saturated carbocycles. The highest BCUT2D eigenvalue weighted by Crippen LogP contribution is 2.53. The van der Waals surface area contributed by atoms with E-state index in [1.807, 2.05) is 13.8 Å². The molecular weight excluding hydrogens is 347 g/mol. The van der Waals surface area contributed by atoms with Crippen LogP contribution in [0, 0.1) is 6.92 Å². The van der Waals surface area contributed by atoms with Gasteiger partial charge in [-0.25, -0.2) is 10.2 Å². The molecule has 1 aromatic rings. The van der Waals surface area contributed by atoms with Crippen molar-refractivity contribution in [3.8, 4) is 0 Å². The van der Waals surface area contributed by atoms with E-state index in [1.165, 1.54) is 5.43 Å².